The minimum atomic E-state index is -4.37. The van der Waals surface area contributed by atoms with Gasteiger partial charge in [-0.1, -0.05) is 85.7 Å². The number of halogens is 4. The number of aromatic nitrogens is 7. The molecule has 0 bridgehead atoms. The Labute approximate surface area is 634 Å². The second-order valence-corrected chi connectivity index (χ2v) is 32.6. The summed E-state index contributed by atoms with van der Waals surface area (Å²) in [6, 6.07) is 18.2. The average molecular weight is 1500 g/mol. The molecule has 20 nitrogen and oxygen atoms in total. The number of H-pyrrole nitrogens is 1. The lowest BCUT2D eigenvalue weighted by atomic mass is 9.93. The highest BCUT2D eigenvalue weighted by Crippen LogP contribution is 2.38. The highest BCUT2D eigenvalue weighted by Gasteiger charge is 2.41. The number of β-amino-alcohol motifs (C(OH)–C–C–N with tert-alkyl or cyclic N) is 1. The molecule has 0 spiro atoms. The number of pyridine rings is 1. The molecule has 5 aromatic rings. The summed E-state index contributed by atoms with van der Waals surface area (Å²) < 4.78 is 74.5. The van der Waals surface area contributed by atoms with Gasteiger partial charge >= 0.3 is 18.4 Å². The second-order valence-electron chi connectivity index (χ2n) is 32.6. The molecule has 3 aliphatic carbocycles. The number of rotatable bonds is 14. The number of carbonyl (C=O) groups excluding carboxylic acids is 4. The molecular weight excluding hydrogens is 1370 g/mol. The largest absolute Gasteiger partial charge is 0.450 e. The molecule has 0 radical (unpaired) electrons. The van der Waals surface area contributed by atoms with Gasteiger partial charge in [-0.15, -0.1) is 0 Å². The van der Waals surface area contributed by atoms with Gasteiger partial charge in [0, 0.05) is 103 Å². The molecule has 4 aromatic heterocycles. The Morgan fingerprint density at radius 1 is 0.626 bits per heavy atom. The molecule has 4 fully saturated rings. The molecule has 4 saturated heterocycles. The zero-order valence-electron chi connectivity index (χ0n) is 67.8. The molecule has 1 aromatic carbocycles. The lowest BCUT2D eigenvalue weighted by Crippen LogP contribution is -2.42. The highest BCUT2D eigenvalue weighted by atomic mass is 19.4. The summed E-state index contributed by atoms with van der Waals surface area (Å²) in [4.78, 5) is 67.6. The Balaban J connectivity index is 0.000000198. The molecule has 0 saturated carbocycles. The van der Waals surface area contributed by atoms with E-state index in [1.165, 1.54) is 29.4 Å². The summed E-state index contributed by atoms with van der Waals surface area (Å²) in [7, 11) is 0. The van der Waals surface area contributed by atoms with E-state index in [2.05, 4.69) is 109 Å². The molecule has 107 heavy (non-hydrogen) atoms. The van der Waals surface area contributed by atoms with Crippen LogP contribution >= 0.6 is 0 Å². The minimum absolute atomic E-state index is 0.0670. The first-order chi connectivity index (χ1) is 50.3. The molecule has 598 valence electrons. The van der Waals surface area contributed by atoms with Crippen LogP contribution in [0.3, 0.4) is 0 Å². The van der Waals surface area contributed by atoms with Crippen LogP contribution in [0.1, 0.15) is 295 Å². The number of allylic oxidation sites excluding steroid dienone is 2. The SMILES string of the molecule is CC(C)C1CC(O)CN1C(=O)OC(C)(C)C.CC(C)C1CCC(=O)N1.CC(C)C1CCCN1C(=O)c1ccccc1.CC(C)n1[nH]c(=O)c2c1CCCC2.CC(C)n1nc(C(C)(F)OCc2ccccn2)c2c1CCCC2.CC(C)n1nc(C(F)(F)F)cc1C1=CCCC1.CCOC(=O)N1CCCC1C(C)C. The first-order valence-corrected chi connectivity index (χ1v) is 39.6. The van der Waals surface area contributed by atoms with Crippen LogP contribution in [0.5, 0.6) is 0 Å². The number of nitrogens with one attached hydrogen (secondary N) is 2. The van der Waals surface area contributed by atoms with E-state index in [0.717, 1.165) is 144 Å². The number of likely N-dealkylation sites (tertiary alicyclic amines) is 3. The first kappa shape index (κ1) is 88.6. The van der Waals surface area contributed by atoms with E-state index in [1.54, 1.807) is 11.1 Å². The fourth-order valence-electron chi connectivity index (χ4n) is 14.9. The van der Waals surface area contributed by atoms with E-state index >= 15 is 4.39 Å². The number of hydrogen-bond donors (Lipinski definition) is 3. The molecule has 3 N–H and O–H groups in total. The van der Waals surface area contributed by atoms with Crippen LogP contribution in [-0.2, 0) is 63.3 Å². The monoisotopic (exact) mass is 1500 g/mol. The second kappa shape index (κ2) is 40.9. The van der Waals surface area contributed by atoms with Gasteiger partial charge in [-0.3, -0.25) is 38.5 Å². The van der Waals surface area contributed by atoms with Crippen LogP contribution in [0.15, 0.2) is 71.7 Å². The van der Waals surface area contributed by atoms with Crippen molar-refractivity contribution in [1.82, 2.24) is 54.3 Å². The third-order valence-corrected chi connectivity index (χ3v) is 20.4. The lowest BCUT2D eigenvalue weighted by molar-refractivity contribution is -0.152. The van der Waals surface area contributed by atoms with Crippen molar-refractivity contribution in [3.63, 3.8) is 0 Å². The number of benzene rings is 1. The number of carbonyl (C=O) groups is 4. The Morgan fingerprint density at radius 2 is 1.21 bits per heavy atom. The van der Waals surface area contributed by atoms with Crippen LogP contribution in [0.25, 0.3) is 5.57 Å². The fraction of sp³-hybridized carbons (Fsp3) is 0.687. The summed E-state index contributed by atoms with van der Waals surface area (Å²) in [5.41, 5.74) is 6.91. The Hall–Kier alpha value is -7.34. The lowest BCUT2D eigenvalue weighted by Gasteiger charge is -2.30. The highest BCUT2D eigenvalue weighted by molar-refractivity contribution is 5.94. The molecule has 8 heterocycles. The van der Waals surface area contributed by atoms with Crippen molar-refractivity contribution in [3.8, 4) is 0 Å². The van der Waals surface area contributed by atoms with Gasteiger partial charge in [0.2, 0.25) is 5.91 Å². The Bertz CT molecular complexity index is 3660. The van der Waals surface area contributed by atoms with Crippen molar-refractivity contribution < 1.29 is 56.1 Å². The number of amides is 4. The van der Waals surface area contributed by atoms with Gasteiger partial charge in [0.1, 0.15) is 11.3 Å². The molecule has 4 amide bonds. The molecule has 7 aliphatic rings. The van der Waals surface area contributed by atoms with Crippen molar-refractivity contribution in [2.24, 2.45) is 23.7 Å². The summed E-state index contributed by atoms with van der Waals surface area (Å²) in [6.07, 6.45) is 16.7. The van der Waals surface area contributed by atoms with Gasteiger partial charge in [0.25, 0.3) is 17.3 Å². The van der Waals surface area contributed by atoms with E-state index in [0.29, 0.717) is 84.5 Å². The third-order valence-electron chi connectivity index (χ3n) is 20.4. The van der Waals surface area contributed by atoms with Gasteiger partial charge in [0.15, 0.2) is 5.69 Å². The number of fused-ring (bicyclic) bond motifs is 2. The molecule has 6 atom stereocenters. The summed E-state index contributed by atoms with van der Waals surface area (Å²) in [6.45, 7) is 40.7. The summed E-state index contributed by atoms with van der Waals surface area (Å²) in [5.74, 6) is 0.521. The van der Waals surface area contributed by atoms with Gasteiger partial charge in [-0.2, -0.15) is 23.4 Å². The van der Waals surface area contributed by atoms with Gasteiger partial charge in [-0.05, 0) is 238 Å². The zero-order valence-corrected chi connectivity index (χ0v) is 67.8. The zero-order chi connectivity index (χ0) is 79.3. The van der Waals surface area contributed by atoms with E-state index in [9.17, 15) is 42.3 Å². The summed E-state index contributed by atoms with van der Waals surface area (Å²) >= 11 is 0. The number of hydrogen-bond acceptors (Lipinski definition) is 12. The van der Waals surface area contributed by atoms with Crippen molar-refractivity contribution in [2.45, 2.75) is 320 Å². The molecule has 6 unspecified atom stereocenters. The van der Waals surface area contributed by atoms with E-state index in [1.807, 2.05) is 115 Å². The van der Waals surface area contributed by atoms with Crippen LogP contribution < -0.4 is 10.9 Å². The molecule has 24 heteroatoms. The van der Waals surface area contributed by atoms with Crippen LogP contribution in [-0.4, -0.2) is 140 Å². The Morgan fingerprint density at radius 3 is 1.73 bits per heavy atom. The third kappa shape index (κ3) is 25.9. The number of ether oxygens (including phenoxy) is 3. The Kier molecular flexibility index (Phi) is 33.9. The smallest absolute Gasteiger partial charge is 0.435 e. The maximum Gasteiger partial charge on any atom is 0.435 e. The standard InChI is InChI=1S/C18H24FN3O.C14H19NO.C12H15F3N2.C12H23NO3.C10H16N2O.C10H19NO2.C7H13NO/c1-13(2)22-16-10-5-4-9-15(16)17(21-22)18(3,19)23-12-14-8-6-7-11-20-14;1-11(2)13-9-6-10-15(13)14(16)12-7-4-3-5-8-12;1-8(2)17-10(9-5-3-4-6-9)7-11(16-17)12(13,14)15;1-8(2)10-6-9(14)7-13(10)11(15)16-12(3,4)5;1-7(2)12-9-6-4-3-5-8(9)10(13)11-12;1-4-13-10(12)11-7-5-6-9(11)8(2)3;1-5(2)6-3-4-7(9)8-6/h6-8,11,13H,4-5,9-10,12H2,1-3H3;3-5,7-8,11,13H,6,9-10H2,1-2H3;5,7-8H,3-4,6H2,1-2H3;8-10,14H,6-7H2,1-5H3;7H,3-6H2,1-2H3,(H,11,13);8-9H,4-7H2,1-3H3;5-6H,3-4H2,1-2H3,(H,8,9). The average Bonchev–Trinajstić information content (AvgIpc) is 1.63. The maximum atomic E-state index is 15.2. The van der Waals surface area contributed by atoms with E-state index < -0.39 is 29.4 Å². The fourth-order valence-corrected chi connectivity index (χ4v) is 14.9. The first-order valence-electron chi connectivity index (χ1n) is 39.6. The quantitative estimate of drug-likeness (QED) is 0.0883. The molecular formula is C83H129F4N11O9. The van der Waals surface area contributed by atoms with E-state index in [4.69, 9.17) is 14.2 Å². The predicted molar refractivity (Wildman–Crippen MR) is 413 cm³/mol. The van der Waals surface area contributed by atoms with Gasteiger partial charge in [0.05, 0.1) is 37.3 Å². The number of aliphatic hydroxyl groups excluding tert-OH is 1. The van der Waals surface area contributed by atoms with Crippen molar-refractivity contribution >= 4 is 29.6 Å². The predicted octanol–water partition coefficient (Wildman–Crippen LogP) is 17.9. The molecule has 4 aliphatic heterocycles. The minimum Gasteiger partial charge on any atom is -0.450 e. The van der Waals surface area contributed by atoms with Crippen LogP contribution in [0.2, 0.25) is 0 Å². The van der Waals surface area contributed by atoms with Crippen molar-refractivity contribution in [1.29, 1.82) is 0 Å². The van der Waals surface area contributed by atoms with Crippen LogP contribution in [0, 0.1) is 23.7 Å². The number of nitrogens with zero attached hydrogens (tertiary/aromatic N) is 9. The normalized spacial score (nSPS) is 20.3. The van der Waals surface area contributed by atoms with Gasteiger partial charge < -0.3 is 39.3 Å². The number of aliphatic hydroxyl groups is 1. The van der Waals surface area contributed by atoms with Crippen LogP contribution in [0.4, 0.5) is 27.2 Å². The summed E-state index contributed by atoms with van der Waals surface area (Å²) in [5, 5.41) is 23.7. The maximum absolute atomic E-state index is 15.2. The topological polar surface area (TPSA) is 224 Å². The van der Waals surface area contributed by atoms with Gasteiger partial charge in [-0.25, -0.2) is 14.0 Å². The number of aromatic amines is 1. The van der Waals surface area contributed by atoms with Crippen molar-refractivity contribution in [2.75, 3.05) is 26.2 Å². The van der Waals surface area contributed by atoms with Crippen molar-refractivity contribution in [3.05, 3.63) is 128 Å². The van der Waals surface area contributed by atoms with E-state index in [-0.39, 0.29) is 54.3 Å². The molecule has 12 rings (SSSR count). The number of alkyl halides is 4.